The van der Waals surface area contributed by atoms with Gasteiger partial charge in [0.1, 0.15) is 10.6 Å². The van der Waals surface area contributed by atoms with Gasteiger partial charge in [0.05, 0.1) is 12.7 Å². The molecule has 1 heterocycles. The molecule has 0 bridgehead atoms. The van der Waals surface area contributed by atoms with Crippen LogP contribution in [0.2, 0.25) is 0 Å². The monoisotopic (exact) mass is 423 g/mol. The molecule has 0 saturated carbocycles. The molecule has 5 nitrogen and oxygen atoms in total. The van der Waals surface area contributed by atoms with Gasteiger partial charge < -0.3 is 8.92 Å². The quantitative estimate of drug-likeness (QED) is 0.543. The predicted molar refractivity (Wildman–Crippen MR) is 116 cm³/mol. The molecule has 6 heteroatoms. The van der Waals surface area contributed by atoms with Crippen LogP contribution in [0.1, 0.15) is 30.2 Å². The van der Waals surface area contributed by atoms with E-state index in [0.717, 1.165) is 12.1 Å². The van der Waals surface area contributed by atoms with Gasteiger partial charge in [-0.05, 0) is 30.7 Å². The Balaban J connectivity index is 1.56. The van der Waals surface area contributed by atoms with Crippen molar-refractivity contribution in [3.63, 3.8) is 0 Å². The smallest absolute Gasteiger partial charge is 0.339 e. The number of hydrogen-bond acceptors (Lipinski definition) is 5. The molecule has 2 atom stereocenters. The Morgan fingerprint density at radius 2 is 1.57 bits per heavy atom. The average Bonchev–Trinajstić information content (AvgIpc) is 2.80. The van der Waals surface area contributed by atoms with Crippen molar-refractivity contribution in [2.24, 2.45) is 0 Å². The first-order chi connectivity index (χ1) is 14.5. The molecule has 0 amide bonds. The number of para-hydroxylation sites is 1. The SMILES string of the molecule is C[C@@H](c1ccccc1)N1CCO[C@@H](c2ccccc2OS(=O)(=O)c2ccccc2)C1. The molecule has 4 rings (SSSR count). The zero-order valence-electron chi connectivity index (χ0n) is 16.8. The van der Waals surface area contributed by atoms with Crippen molar-refractivity contribution in [3.05, 3.63) is 96.1 Å². The van der Waals surface area contributed by atoms with Crippen LogP contribution in [0.4, 0.5) is 0 Å². The molecule has 0 spiro atoms. The summed E-state index contributed by atoms with van der Waals surface area (Å²) in [4.78, 5) is 2.48. The Hall–Kier alpha value is -2.67. The Kier molecular flexibility index (Phi) is 6.18. The normalized spacial score (nSPS) is 18.6. The van der Waals surface area contributed by atoms with Crippen molar-refractivity contribution in [2.75, 3.05) is 19.7 Å². The highest BCUT2D eigenvalue weighted by Gasteiger charge is 2.29. The lowest BCUT2D eigenvalue weighted by atomic mass is 10.0. The van der Waals surface area contributed by atoms with Crippen molar-refractivity contribution in [1.82, 2.24) is 4.90 Å². The first-order valence-electron chi connectivity index (χ1n) is 10.0. The fraction of sp³-hybridized carbons (Fsp3) is 0.250. The molecule has 1 aliphatic rings. The van der Waals surface area contributed by atoms with Crippen LogP contribution in [-0.2, 0) is 14.9 Å². The molecule has 156 valence electrons. The Morgan fingerprint density at radius 1 is 0.933 bits per heavy atom. The highest BCUT2D eigenvalue weighted by atomic mass is 32.2. The van der Waals surface area contributed by atoms with Crippen LogP contribution in [-0.4, -0.2) is 33.0 Å². The Bertz CT molecular complexity index is 1070. The van der Waals surface area contributed by atoms with Crippen LogP contribution in [0.5, 0.6) is 5.75 Å². The van der Waals surface area contributed by atoms with Gasteiger partial charge in [-0.3, -0.25) is 4.90 Å². The molecule has 0 aliphatic carbocycles. The third-order valence-electron chi connectivity index (χ3n) is 5.42. The van der Waals surface area contributed by atoms with E-state index >= 15 is 0 Å². The van der Waals surface area contributed by atoms with E-state index in [1.807, 2.05) is 30.3 Å². The van der Waals surface area contributed by atoms with Crippen LogP contribution in [0.25, 0.3) is 0 Å². The first kappa shape index (κ1) is 20.6. The molecule has 1 aliphatic heterocycles. The van der Waals surface area contributed by atoms with Crippen LogP contribution in [0.15, 0.2) is 89.8 Å². The van der Waals surface area contributed by atoms with E-state index in [1.165, 1.54) is 17.7 Å². The molecule has 0 radical (unpaired) electrons. The van der Waals surface area contributed by atoms with E-state index in [1.54, 1.807) is 30.3 Å². The number of nitrogens with zero attached hydrogens (tertiary/aromatic N) is 1. The van der Waals surface area contributed by atoms with Gasteiger partial charge in [0, 0.05) is 24.7 Å². The zero-order valence-corrected chi connectivity index (χ0v) is 17.7. The first-order valence-corrected chi connectivity index (χ1v) is 11.4. The highest BCUT2D eigenvalue weighted by Crippen LogP contribution is 2.34. The molecule has 30 heavy (non-hydrogen) atoms. The lowest BCUT2D eigenvalue weighted by Gasteiger charge is -2.37. The minimum absolute atomic E-state index is 0.128. The van der Waals surface area contributed by atoms with Gasteiger partial charge in [-0.2, -0.15) is 8.42 Å². The molecule has 1 fully saturated rings. The lowest BCUT2D eigenvalue weighted by molar-refractivity contribution is -0.0436. The number of rotatable bonds is 6. The molecule has 0 N–H and O–H groups in total. The Labute approximate surface area is 178 Å². The fourth-order valence-corrected chi connectivity index (χ4v) is 4.70. The summed E-state index contributed by atoms with van der Waals surface area (Å²) in [6, 6.07) is 26.0. The maximum absolute atomic E-state index is 12.7. The van der Waals surface area contributed by atoms with Crippen LogP contribution >= 0.6 is 0 Å². The van der Waals surface area contributed by atoms with Crippen molar-refractivity contribution in [1.29, 1.82) is 0 Å². The van der Waals surface area contributed by atoms with E-state index in [0.29, 0.717) is 18.9 Å². The molecule has 0 unspecified atom stereocenters. The minimum Gasteiger partial charge on any atom is -0.379 e. The second kappa shape index (κ2) is 9.00. The summed E-state index contributed by atoms with van der Waals surface area (Å²) >= 11 is 0. The third kappa shape index (κ3) is 4.56. The van der Waals surface area contributed by atoms with Crippen LogP contribution in [0.3, 0.4) is 0 Å². The summed E-state index contributed by atoms with van der Waals surface area (Å²) in [6.07, 6.45) is -0.271. The zero-order chi connectivity index (χ0) is 21.0. The molecule has 3 aromatic rings. The number of morpholine rings is 1. The van der Waals surface area contributed by atoms with Crippen molar-refractivity contribution >= 4 is 10.1 Å². The lowest BCUT2D eigenvalue weighted by Crippen LogP contribution is -2.40. The molecular formula is C24H25NO4S. The summed E-state index contributed by atoms with van der Waals surface area (Å²) in [5.41, 5.74) is 1.98. The van der Waals surface area contributed by atoms with Crippen molar-refractivity contribution in [2.45, 2.75) is 24.0 Å². The van der Waals surface area contributed by atoms with Gasteiger partial charge in [0.2, 0.25) is 0 Å². The van der Waals surface area contributed by atoms with Crippen molar-refractivity contribution in [3.8, 4) is 5.75 Å². The summed E-state index contributed by atoms with van der Waals surface area (Å²) in [5.74, 6) is 0.306. The molecular weight excluding hydrogens is 398 g/mol. The van der Waals surface area contributed by atoms with E-state index < -0.39 is 10.1 Å². The van der Waals surface area contributed by atoms with E-state index in [4.69, 9.17) is 8.92 Å². The molecule has 3 aromatic carbocycles. The largest absolute Gasteiger partial charge is 0.379 e. The van der Waals surface area contributed by atoms with Crippen LogP contribution < -0.4 is 4.18 Å². The van der Waals surface area contributed by atoms with Gasteiger partial charge in [0.15, 0.2) is 0 Å². The van der Waals surface area contributed by atoms with Crippen molar-refractivity contribution < 1.29 is 17.3 Å². The fourth-order valence-electron chi connectivity index (χ4n) is 3.73. The summed E-state index contributed by atoms with van der Waals surface area (Å²) < 4.78 is 37.0. The molecule has 1 saturated heterocycles. The second-order valence-corrected chi connectivity index (χ2v) is 8.88. The van der Waals surface area contributed by atoms with Gasteiger partial charge in [-0.1, -0.05) is 66.7 Å². The number of ether oxygens (including phenoxy) is 1. The summed E-state index contributed by atoms with van der Waals surface area (Å²) in [7, 11) is -3.92. The maximum atomic E-state index is 12.7. The number of benzene rings is 3. The summed E-state index contributed by atoms with van der Waals surface area (Å²) in [6.45, 7) is 4.22. The predicted octanol–water partition coefficient (Wildman–Crippen LogP) is 4.59. The number of hydrogen-bond donors (Lipinski definition) is 0. The van der Waals surface area contributed by atoms with E-state index in [-0.39, 0.29) is 17.0 Å². The van der Waals surface area contributed by atoms with Gasteiger partial charge in [-0.25, -0.2) is 0 Å². The van der Waals surface area contributed by atoms with Gasteiger partial charge >= 0.3 is 10.1 Å². The van der Waals surface area contributed by atoms with Gasteiger partial charge in [0.25, 0.3) is 0 Å². The van der Waals surface area contributed by atoms with Gasteiger partial charge in [-0.15, -0.1) is 0 Å². The third-order valence-corrected chi connectivity index (χ3v) is 6.67. The highest BCUT2D eigenvalue weighted by molar-refractivity contribution is 7.87. The summed E-state index contributed by atoms with van der Waals surface area (Å²) in [5, 5.41) is 0. The average molecular weight is 424 g/mol. The van der Waals surface area contributed by atoms with Crippen LogP contribution in [0, 0.1) is 0 Å². The van der Waals surface area contributed by atoms with E-state index in [9.17, 15) is 8.42 Å². The standard InChI is InChI=1S/C24H25NO4S/c1-19(20-10-4-2-5-11-20)25-16-17-28-24(18-25)22-14-8-9-15-23(22)29-30(26,27)21-12-6-3-7-13-21/h2-15,19,24H,16-18H2,1H3/t19-,24+/m0/s1. The van der Waals surface area contributed by atoms with E-state index in [2.05, 4.69) is 24.0 Å². The Morgan fingerprint density at radius 3 is 2.30 bits per heavy atom. The topological polar surface area (TPSA) is 55.8 Å². The minimum atomic E-state index is -3.92. The molecule has 0 aromatic heterocycles. The maximum Gasteiger partial charge on any atom is 0.339 e. The second-order valence-electron chi connectivity index (χ2n) is 7.33.